The van der Waals surface area contributed by atoms with Crippen molar-refractivity contribution in [3.05, 3.63) is 41.8 Å². The average molecular weight is 337 g/mol. The van der Waals surface area contributed by atoms with Crippen LogP contribution in [0.15, 0.2) is 30.5 Å². The summed E-state index contributed by atoms with van der Waals surface area (Å²) in [7, 11) is -3.01. The van der Waals surface area contributed by atoms with Crippen molar-refractivity contribution in [3.63, 3.8) is 0 Å². The van der Waals surface area contributed by atoms with Gasteiger partial charge in [0.15, 0.2) is 9.84 Å². The number of rotatable bonds is 4. The maximum atomic E-state index is 13.6. The van der Waals surface area contributed by atoms with Crippen LogP contribution in [0.3, 0.4) is 0 Å². The third kappa shape index (κ3) is 3.85. The number of sulfone groups is 1. The minimum absolute atomic E-state index is 0.0343. The summed E-state index contributed by atoms with van der Waals surface area (Å²) < 4.78 is 41.5. The third-order valence-corrected chi connectivity index (χ3v) is 5.76. The van der Waals surface area contributed by atoms with Crippen LogP contribution >= 0.6 is 0 Å². The second kappa shape index (κ2) is 6.23. The fraction of sp³-hybridized carbons (Fsp3) is 0.375. The zero-order valence-electron chi connectivity index (χ0n) is 12.4. The van der Waals surface area contributed by atoms with Crippen molar-refractivity contribution in [1.29, 1.82) is 0 Å². The molecule has 0 amide bonds. The van der Waals surface area contributed by atoms with Crippen LogP contribution in [0, 0.1) is 11.7 Å². The van der Waals surface area contributed by atoms with E-state index in [1.165, 1.54) is 12.1 Å². The number of benzene rings is 1. The molecule has 1 atom stereocenters. The molecule has 0 bridgehead atoms. The predicted molar refractivity (Wildman–Crippen MR) is 82.9 cm³/mol. The number of carbonyl (C=O) groups is 1. The van der Waals surface area contributed by atoms with Gasteiger partial charge in [0, 0.05) is 23.6 Å². The van der Waals surface area contributed by atoms with E-state index in [9.17, 15) is 17.6 Å². The number of pyridine rings is 1. The highest BCUT2D eigenvalue weighted by molar-refractivity contribution is 7.91. The van der Waals surface area contributed by atoms with E-state index in [0.29, 0.717) is 22.9 Å². The van der Waals surface area contributed by atoms with Gasteiger partial charge in [-0.15, -0.1) is 0 Å². The van der Waals surface area contributed by atoms with Crippen LogP contribution in [-0.2, 0) is 26.0 Å². The molecule has 3 rings (SSSR count). The van der Waals surface area contributed by atoms with Crippen molar-refractivity contribution in [2.24, 2.45) is 5.92 Å². The van der Waals surface area contributed by atoms with Gasteiger partial charge in [-0.05, 0) is 30.5 Å². The molecule has 1 saturated heterocycles. The summed E-state index contributed by atoms with van der Waals surface area (Å²) in [6, 6.07) is 6.11. The topological polar surface area (TPSA) is 73.3 Å². The minimum Gasteiger partial charge on any atom is -0.461 e. The summed E-state index contributed by atoms with van der Waals surface area (Å²) in [6.07, 6.45) is 2.15. The molecular formula is C16H16FNO4S. The molecule has 1 aromatic heterocycles. The van der Waals surface area contributed by atoms with Gasteiger partial charge in [-0.25, -0.2) is 12.8 Å². The molecule has 0 spiro atoms. The Labute approximate surface area is 133 Å². The average Bonchev–Trinajstić information content (AvgIpc) is 2.83. The van der Waals surface area contributed by atoms with E-state index in [2.05, 4.69) is 4.98 Å². The monoisotopic (exact) mass is 337 g/mol. The summed E-state index contributed by atoms with van der Waals surface area (Å²) in [5.41, 5.74) is 1.08. The number of nitrogens with zero attached hydrogens (tertiary/aromatic N) is 1. The minimum atomic E-state index is -3.01. The summed E-state index contributed by atoms with van der Waals surface area (Å²) >= 11 is 0. The van der Waals surface area contributed by atoms with E-state index >= 15 is 0 Å². The van der Waals surface area contributed by atoms with Crippen LogP contribution in [0.2, 0.25) is 0 Å². The predicted octanol–water partition coefficient (Wildman–Crippen LogP) is 2.24. The van der Waals surface area contributed by atoms with Crippen molar-refractivity contribution in [3.8, 4) is 0 Å². The third-order valence-electron chi connectivity index (χ3n) is 3.92. The first kappa shape index (κ1) is 15.9. The molecule has 1 aromatic carbocycles. The number of hydrogen-bond donors (Lipinski definition) is 0. The summed E-state index contributed by atoms with van der Waals surface area (Å²) in [4.78, 5) is 16.1. The molecule has 2 heterocycles. The van der Waals surface area contributed by atoms with E-state index in [1.807, 2.05) is 0 Å². The Bertz CT molecular complexity index is 850. The zero-order chi connectivity index (χ0) is 16.4. The molecule has 1 aliphatic rings. The lowest BCUT2D eigenvalue weighted by molar-refractivity contribution is -0.145. The van der Waals surface area contributed by atoms with E-state index in [4.69, 9.17) is 4.74 Å². The summed E-state index contributed by atoms with van der Waals surface area (Å²) in [5.74, 6) is -0.913. The lowest BCUT2D eigenvalue weighted by atomic mass is 10.1. The van der Waals surface area contributed by atoms with Gasteiger partial charge in [0.2, 0.25) is 0 Å². The zero-order valence-corrected chi connectivity index (χ0v) is 13.2. The number of halogens is 1. The summed E-state index contributed by atoms with van der Waals surface area (Å²) in [5, 5.41) is 0.639. The fourth-order valence-corrected chi connectivity index (χ4v) is 4.69. The number of hydrogen-bond acceptors (Lipinski definition) is 5. The van der Waals surface area contributed by atoms with Crippen molar-refractivity contribution in [2.75, 3.05) is 11.5 Å². The Hall–Kier alpha value is -2.02. The Balaban J connectivity index is 1.65. The molecule has 5 nitrogen and oxygen atoms in total. The molecule has 2 aromatic rings. The van der Waals surface area contributed by atoms with Crippen molar-refractivity contribution in [1.82, 2.24) is 4.98 Å². The fourth-order valence-electron chi connectivity index (χ4n) is 2.82. The molecule has 122 valence electrons. The second-order valence-corrected chi connectivity index (χ2v) is 8.00. The van der Waals surface area contributed by atoms with Crippen LogP contribution in [0.5, 0.6) is 0 Å². The lowest BCUT2D eigenvalue weighted by Crippen LogP contribution is -2.13. The van der Waals surface area contributed by atoms with E-state index < -0.39 is 21.6 Å². The number of ether oxygens (including phenoxy) is 1. The Morgan fingerprint density at radius 1 is 1.39 bits per heavy atom. The molecule has 1 aliphatic heterocycles. The van der Waals surface area contributed by atoms with Crippen molar-refractivity contribution in [2.45, 2.75) is 19.4 Å². The highest BCUT2D eigenvalue weighted by Crippen LogP contribution is 2.23. The number of esters is 1. The SMILES string of the molecule is O=C(C[C@@H]1CCS(=O)(=O)C1)OCc1cc(F)cc2cccnc12. The summed E-state index contributed by atoms with van der Waals surface area (Å²) in [6.45, 7) is -0.0798. The van der Waals surface area contributed by atoms with E-state index in [0.717, 1.165) is 0 Å². The molecule has 23 heavy (non-hydrogen) atoms. The van der Waals surface area contributed by atoms with E-state index in [1.54, 1.807) is 18.3 Å². The molecular weight excluding hydrogens is 321 g/mol. The molecule has 0 unspecified atom stereocenters. The van der Waals surface area contributed by atoms with Crippen LogP contribution in [0.25, 0.3) is 10.9 Å². The Morgan fingerprint density at radius 3 is 2.96 bits per heavy atom. The maximum absolute atomic E-state index is 13.6. The van der Waals surface area contributed by atoms with E-state index in [-0.39, 0.29) is 30.5 Å². The normalized spacial score (nSPS) is 19.8. The second-order valence-electron chi connectivity index (χ2n) is 5.77. The van der Waals surface area contributed by atoms with Crippen LogP contribution < -0.4 is 0 Å². The Morgan fingerprint density at radius 2 is 2.22 bits per heavy atom. The quantitative estimate of drug-likeness (QED) is 0.800. The van der Waals surface area contributed by atoms with Gasteiger partial charge in [0.25, 0.3) is 0 Å². The maximum Gasteiger partial charge on any atom is 0.306 e. The van der Waals surface area contributed by atoms with Crippen LogP contribution in [0.4, 0.5) is 4.39 Å². The van der Waals surface area contributed by atoms with Crippen LogP contribution in [0.1, 0.15) is 18.4 Å². The Kier molecular flexibility index (Phi) is 4.30. The van der Waals surface area contributed by atoms with Crippen molar-refractivity contribution < 1.29 is 22.3 Å². The van der Waals surface area contributed by atoms with Gasteiger partial charge in [-0.1, -0.05) is 6.07 Å². The first-order valence-electron chi connectivity index (χ1n) is 7.32. The highest BCUT2D eigenvalue weighted by atomic mass is 32.2. The molecule has 0 aliphatic carbocycles. The van der Waals surface area contributed by atoms with Gasteiger partial charge in [0.1, 0.15) is 12.4 Å². The largest absolute Gasteiger partial charge is 0.461 e. The standard InChI is InChI=1S/C16H16FNO4S/c17-14-7-12-2-1-4-18-16(12)13(8-14)9-22-15(19)6-11-3-5-23(20,21)10-11/h1-2,4,7-8,11H,3,5-6,9-10H2/t11-/m0/s1. The highest BCUT2D eigenvalue weighted by Gasteiger charge is 2.29. The number of aromatic nitrogens is 1. The van der Waals surface area contributed by atoms with Gasteiger partial charge in [-0.2, -0.15) is 0 Å². The number of carbonyl (C=O) groups excluding carboxylic acids is 1. The first-order chi connectivity index (χ1) is 10.9. The molecule has 7 heteroatoms. The van der Waals surface area contributed by atoms with Gasteiger partial charge in [-0.3, -0.25) is 9.78 Å². The van der Waals surface area contributed by atoms with Gasteiger partial charge >= 0.3 is 5.97 Å². The molecule has 0 saturated carbocycles. The smallest absolute Gasteiger partial charge is 0.306 e. The van der Waals surface area contributed by atoms with Gasteiger partial charge in [0.05, 0.1) is 17.0 Å². The first-order valence-corrected chi connectivity index (χ1v) is 9.14. The molecule has 1 fully saturated rings. The number of fused-ring (bicyclic) bond motifs is 1. The van der Waals surface area contributed by atoms with Crippen LogP contribution in [-0.4, -0.2) is 30.9 Å². The lowest BCUT2D eigenvalue weighted by Gasteiger charge is -2.10. The molecule has 0 radical (unpaired) electrons. The van der Waals surface area contributed by atoms with Crippen molar-refractivity contribution >= 4 is 26.7 Å². The van der Waals surface area contributed by atoms with Gasteiger partial charge < -0.3 is 4.74 Å². The molecule has 0 N–H and O–H groups in total.